The van der Waals surface area contributed by atoms with Crippen molar-refractivity contribution in [2.24, 2.45) is 5.92 Å². The van der Waals surface area contributed by atoms with Gasteiger partial charge in [-0.05, 0) is 61.4 Å². The van der Waals surface area contributed by atoms with E-state index in [1.165, 1.54) is 31.2 Å². The van der Waals surface area contributed by atoms with Gasteiger partial charge in [0.15, 0.2) is 0 Å². The summed E-state index contributed by atoms with van der Waals surface area (Å²) in [6, 6.07) is 8.57. The van der Waals surface area contributed by atoms with Gasteiger partial charge in [-0.25, -0.2) is 4.98 Å². The van der Waals surface area contributed by atoms with Crippen LogP contribution in [0.15, 0.2) is 34.9 Å². The normalized spacial score (nSPS) is 23.5. The lowest BCUT2D eigenvalue weighted by atomic mass is 10.1. The van der Waals surface area contributed by atoms with Crippen LogP contribution in [0.25, 0.3) is 0 Å². The second-order valence-electron chi connectivity index (χ2n) is 7.30. The van der Waals surface area contributed by atoms with E-state index in [1.807, 2.05) is 6.20 Å². The van der Waals surface area contributed by atoms with Crippen LogP contribution in [0.1, 0.15) is 55.6 Å². The summed E-state index contributed by atoms with van der Waals surface area (Å²) >= 11 is 0. The van der Waals surface area contributed by atoms with E-state index in [0.717, 1.165) is 49.4 Å². The first-order valence-corrected chi connectivity index (χ1v) is 9.29. The third-order valence-corrected chi connectivity index (χ3v) is 5.28. The summed E-state index contributed by atoms with van der Waals surface area (Å²) in [5, 5.41) is 3.49. The van der Waals surface area contributed by atoms with E-state index in [4.69, 9.17) is 4.42 Å². The van der Waals surface area contributed by atoms with Crippen molar-refractivity contribution < 1.29 is 4.42 Å². The number of hydrogen-bond donors (Lipinski definition) is 1. The fraction of sp³-hybridized carbons (Fsp3) is 0.550. The predicted molar refractivity (Wildman–Crippen MR) is 96.1 cm³/mol. The van der Waals surface area contributed by atoms with Crippen molar-refractivity contribution in [2.75, 3.05) is 18.0 Å². The third-order valence-electron chi connectivity index (χ3n) is 5.28. The van der Waals surface area contributed by atoms with Crippen molar-refractivity contribution >= 4 is 5.82 Å². The van der Waals surface area contributed by atoms with Crippen LogP contribution in [0.5, 0.6) is 0 Å². The number of furan rings is 1. The maximum absolute atomic E-state index is 5.95. The maximum Gasteiger partial charge on any atom is 0.128 e. The summed E-state index contributed by atoms with van der Waals surface area (Å²) in [7, 11) is 0. The number of pyridine rings is 1. The average molecular weight is 325 g/mol. The zero-order valence-electron chi connectivity index (χ0n) is 14.5. The molecule has 24 heavy (non-hydrogen) atoms. The Hall–Kier alpha value is -1.81. The second kappa shape index (κ2) is 6.98. The topological polar surface area (TPSA) is 41.3 Å². The molecular weight excluding hydrogens is 298 g/mol. The molecule has 0 aromatic carbocycles. The molecule has 2 fully saturated rings. The lowest BCUT2D eigenvalue weighted by Crippen LogP contribution is -2.30. The van der Waals surface area contributed by atoms with Crippen LogP contribution >= 0.6 is 0 Å². The smallest absolute Gasteiger partial charge is 0.128 e. The molecule has 128 valence electrons. The molecule has 1 saturated heterocycles. The van der Waals surface area contributed by atoms with Gasteiger partial charge in [0.05, 0.1) is 6.54 Å². The minimum atomic E-state index is 0.658. The lowest BCUT2D eigenvalue weighted by molar-refractivity contribution is 0.444. The van der Waals surface area contributed by atoms with E-state index in [0.29, 0.717) is 5.92 Å². The van der Waals surface area contributed by atoms with Gasteiger partial charge in [0.25, 0.3) is 0 Å². The van der Waals surface area contributed by atoms with Crippen LogP contribution in [0.2, 0.25) is 0 Å². The first-order chi connectivity index (χ1) is 11.8. The Balaban J connectivity index is 1.30. The van der Waals surface area contributed by atoms with E-state index in [-0.39, 0.29) is 0 Å². The number of anilines is 1. The van der Waals surface area contributed by atoms with Crippen LogP contribution in [0.4, 0.5) is 5.82 Å². The van der Waals surface area contributed by atoms with Crippen molar-refractivity contribution in [3.05, 3.63) is 47.5 Å². The first-order valence-electron chi connectivity index (χ1n) is 9.29. The van der Waals surface area contributed by atoms with Gasteiger partial charge in [-0.1, -0.05) is 6.92 Å². The fourth-order valence-corrected chi connectivity index (χ4v) is 3.60. The van der Waals surface area contributed by atoms with Crippen LogP contribution in [-0.2, 0) is 13.1 Å². The number of hydrogen-bond acceptors (Lipinski definition) is 4. The highest BCUT2D eigenvalue weighted by molar-refractivity contribution is 5.41. The maximum atomic E-state index is 5.95. The molecule has 4 rings (SSSR count). The summed E-state index contributed by atoms with van der Waals surface area (Å²) < 4.78 is 5.95. The van der Waals surface area contributed by atoms with Gasteiger partial charge in [-0.15, -0.1) is 0 Å². The Morgan fingerprint density at radius 2 is 2.00 bits per heavy atom. The Bertz CT molecular complexity index is 675. The van der Waals surface area contributed by atoms with Gasteiger partial charge >= 0.3 is 0 Å². The molecular formula is C20H27N3O. The third kappa shape index (κ3) is 3.64. The van der Waals surface area contributed by atoms with Gasteiger partial charge in [0.1, 0.15) is 17.3 Å². The van der Waals surface area contributed by atoms with Crippen LogP contribution < -0.4 is 10.2 Å². The Kier molecular flexibility index (Phi) is 4.56. The zero-order valence-corrected chi connectivity index (χ0v) is 14.5. The molecule has 0 radical (unpaired) electrons. The number of aromatic nitrogens is 1. The molecule has 2 aromatic heterocycles. The molecule has 2 atom stereocenters. The average Bonchev–Trinajstić information content (AvgIpc) is 3.17. The summed E-state index contributed by atoms with van der Waals surface area (Å²) in [5.41, 5.74) is 1.29. The van der Waals surface area contributed by atoms with Gasteiger partial charge in [-0.3, -0.25) is 0 Å². The molecule has 1 aliphatic carbocycles. The van der Waals surface area contributed by atoms with E-state index in [1.54, 1.807) is 0 Å². The summed E-state index contributed by atoms with van der Waals surface area (Å²) in [5.74, 6) is 4.77. The molecule has 4 heteroatoms. The first kappa shape index (κ1) is 15.7. The molecule has 1 N–H and O–H groups in total. The highest BCUT2D eigenvalue weighted by Crippen LogP contribution is 2.47. The summed E-state index contributed by atoms with van der Waals surface area (Å²) in [6.07, 6.45) is 7.12. The number of piperidine rings is 1. The van der Waals surface area contributed by atoms with Crippen LogP contribution in [0, 0.1) is 5.92 Å². The number of nitrogens with one attached hydrogen (secondary N) is 1. The van der Waals surface area contributed by atoms with Gasteiger partial charge < -0.3 is 14.6 Å². The molecule has 1 saturated carbocycles. The SMILES string of the molecule is CC1CC1c1ccc(CNCc2ccnc(N3CCCCC3)c2)o1. The molecule has 0 spiro atoms. The van der Waals surface area contributed by atoms with Crippen molar-refractivity contribution in [3.63, 3.8) is 0 Å². The standard InChI is InChI=1S/C20H27N3O/c1-15-11-18(15)19-6-5-17(24-19)14-21-13-16-7-8-22-20(12-16)23-9-3-2-4-10-23/h5-8,12,15,18,21H,2-4,9-11,13-14H2,1H3. The molecule has 2 unspecified atom stereocenters. The van der Waals surface area contributed by atoms with Crippen molar-refractivity contribution in [1.29, 1.82) is 0 Å². The summed E-state index contributed by atoms with van der Waals surface area (Å²) in [4.78, 5) is 6.95. The molecule has 0 bridgehead atoms. The minimum absolute atomic E-state index is 0.658. The van der Waals surface area contributed by atoms with Gasteiger partial charge in [-0.2, -0.15) is 0 Å². The van der Waals surface area contributed by atoms with Crippen molar-refractivity contribution in [3.8, 4) is 0 Å². The molecule has 2 aromatic rings. The molecule has 4 nitrogen and oxygen atoms in total. The van der Waals surface area contributed by atoms with E-state index >= 15 is 0 Å². The minimum Gasteiger partial charge on any atom is -0.464 e. The largest absolute Gasteiger partial charge is 0.464 e. The molecule has 2 aliphatic rings. The monoisotopic (exact) mass is 325 g/mol. The zero-order chi connectivity index (χ0) is 16.4. The second-order valence-corrected chi connectivity index (χ2v) is 7.30. The molecule has 1 aliphatic heterocycles. The van der Waals surface area contributed by atoms with E-state index in [2.05, 4.69) is 46.4 Å². The Morgan fingerprint density at radius 1 is 1.17 bits per heavy atom. The number of rotatable bonds is 6. The van der Waals surface area contributed by atoms with Gasteiger partial charge in [0.2, 0.25) is 0 Å². The van der Waals surface area contributed by atoms with Crippen LogP contribution in [-0.4, -0.2) is 18.1 Å². The van der Waals surface area contributed by atoms with Crippen molar-refractivity contribution in [1.82, 2.24) is 10.3 Å². The predicted octanol–water partition coefficient (Wildman–Crippen LogP) is 4.08. The highest BCUT2D eigenvalue weighted by Gasteiger charge is 2.36. The molecule has 3 heterocycles. The van der Waals surface area contributed by atoms with E-state index in [9.17, 15) is 0 Å². The fourth-order valence-electron chi connectivity index (χ4n) is 3.60. The number of nitrogens with zero attached hydrogens (tertiary/aromatic N) is 2. The van der Waals surface area contributed by atoms with Gasteiger partial charge in [0, 0.05) is 31.7 Å². The Morgan fingerprint density at radius 3 is 2.79 bits per heavy atom. The highest BCUT2D eigenvalue weighted by atomic mass is 16.3. The van der Waals surface area contributed by atoms with E-state index < -0.39 is 0 Å². The Labute approximate surface area is 144 Å². The molecule has 0 amide bonds. The van der Waals surface area contributed by atoms with Crippen molar-refractivity contribution in [2.45, 2.75) is 51.6 Å². The quantitative estimate of drug-likeness (QED) is 0.869. The van der Waals surface area contributed by atoms with Crippen LogP contribution in [0.3, 0.4) is 0 Å². The lowest BCUT2D eigenvalue weighted by Gasteiger charge is -2.27. The summed E-state index contributed by atoms with van der Waals surface area (Å²) in [6.45, 7) is 6.19.